The summed E-state index contributed by atoms with van der Waals surface area (Å²) in [6.07, 6.45) is 4.65. The minimum Gasteiger partial charge on any atom is -0.265 e. The molecule has 2 heterocycles. The summed E-state index contributed by atoms with van der Waals surface area (Å²) in [7, 11) is 0. The van der Waals surface area contributed by atoms with Gasteiger partial charge in [0.2, 0.25) is 0 Å². The third-order valence-electron chi connectivity index (χ3n) is 2.97. The van der Waals surface area contributed by atoms with Gasteiger partial charge in [-0.25, -0.2) is 0 Å². The van der Waals surface area contributed by atoms with E-state index in [1.165, 1.54) is 22.3 Å². The van der Waals surface area contributed by atoms with E-state index < -0.39 is 0 Å². The number of thiophene rings is 1. The molecule has 0 aliphatic carbocycles. The fourth-order valence-electron chi connectivity index (χ4n) is 1.98. The van der Waals surface area contributed by atoms with Crippen LogP contribution in [0.5, 0.6) is 0 Å². The molecule has 3 rings (SSSR count). The number of pyridine rings is 1. The Hall–Kier alpha value is -1.93. The largest absolute Gasteiger partial charge is 0.265 e. The average Bonchev–Trinajstić information content (AvgIpc) is 2.95. The van der Waals surface area contributed by atoms with Crippen LogP contribution in [0.3, 0.4) is 0 Å². The van der Waals surface area contributed by atoms with E-state index in [1.54, 1.807) is 11.3 Å². The molecule has 0 radical (unpaired) electrons. The lowest BCUT2D eigenvalue weighted by atomic mass is 10.0. The number of nitrogens with zero attached hydrogens (tertiary/aromatic N) is 1. The van der Waals surface area contributed by atoms with Gasteiger partial charge in [-0.05, 0) is 57.6 Å². The highest BCUT2D eigenvalue weighted by Crippen LogP contribution is 2.22. The first kappa shape index (κ1) is 11.2. The number of hydrogen-bond acceptors (Lipinski definition) is 2. The van der Waals surface area contributed by atoms with Gasteiger partial charge in [-0.2, -0.15) is 11.3 Å². The highest BCUT2D eigenvalue weighted by atomic mass is 32.1. The van der Waals surface area contributed by atoms with Gasteiger partial charge in [0.15, 0.2) is 0 Å². The Balaban J connectivity index is 1.80. The molecule has 1 aromatic carbocycles. The van der Waals surface area contributed by atoms with Gasteiger partial charge >= 0.3 is 0 Å². The van der Waals surface area contributed by atoms with Crippen LogP contribution in [0.25, 0.3) is 11.1 Å². The van der Waals surface area contributed by atoms with E-state index in [9.17, 15) is 0 Å². The van der Waals surface area contributed by atoms with Crippen molar-refractivity contribution in [1.82, 2.24) is 4.98 Å². The Bertz CT molecular complexity index is 597. The smallest absolute Gasteiger partial charge is 0.0270 e. The average molecular weight is 251 g/mol. The van der Waals surface area contributed by atoms with Crippen molar-refractivity contribution in [1.29, 1.82) is 0 Å². The second-order valence-electron chi connectivity index (χ2n) is 4.24. The van der Waals surface area contributed by atoms with Gasteiger partial charge in [-0.3, -0.25) is 4.98 Å². The van der Waals surface area contributed by atoms with Crippen LogP contribution >= 0.6 is 11.3 Å². The maximum atomic E-state index is 4.04. The summed E-state index contributed by atoms with van der Waals surface area (Å²) < 4.78 is 0. The summed E-state index contributed by atoms with van der Waals surface area (Å²) >= 11 is 1.73. The molecule has 0 atom stereocenters. The van der Waals surface area contributed by atoms with Crippen molar-refractivity contribution in [2.45, 2.75) is 6.42 Å². The molecule has 0 amide bonds. The molecule has 3 aromatic rings. The van der Waals surface area contributed by atoms with Crippen molar-refractivity contribution in [3.63, 3.8) is 0 Å². The quantitative estimate of drug-likeness (QED) is 0.672. The molecule has 0 N–H and O–H groups in total. The highest BCUT2D eigenvalue weighted by molar-refractivity contribution is 7.08. The lowest BCUT2D eigenvalue weighted by molar-refractivity contribution is 1.16. The van der Waals surface area contributed by atoms with E-state index >= 15 is 0 Å². The third-order valence-corrected chi connectivity index (χ3v) is 3.65. The Morgan fingerprint density at radius 3 is 2.17 bits per heavy atom. The van der Waals surface area contributed by atoms with Crippen LogP contribution in [-0.4, -0.2) is 4.98 Å². The second kappa shape index (κ2) is 5.15. The molecule has 2 aromatic heterocycles. The van der Waals surface area contributed by atoms with E-state index in [-0.39, 0.29) is 0 Å². The molecule has 1 nitrogen and oxygen atoms in total. The first-order valence-electron chi connectivity index (χ1n) is 5.92. The van der Waals surface area contributed by atoms with E-state index in [0.717, 1.165) is 6.42 Å². The van der Waals surface area contributed by atoms with Gasteiger partial charge in [0, 0.05) is 12.4 Å². The molecule has 0 aliphatic heterocycles. The molecule has 0 bridgehead atoms. The fourth-order valence-corrected chi connectivity index (χ4v) is 2.65. The topological polar surface area (TPSA) is 12.9 Å². The summed E-state index contributed by atoms with van der Waals surface area (Å²) in [5.74, 6) is 0. The Labute approximate surface area is 111 Å². The zero-order valence-corrected chi connectivity index (χ0v) is 10.7. The minimum absolute atomic E-state index is 0.965. The van der Waals surface area contributed by atoms with Crippen LogP contribution < -0.4 is 0 Å². The van der Waals surface area contributed by atoms with Crippen LogP contribution in [0, 0.1) is 0 Å². The number of rotatable bonds is 3. The van der Waals surface area contributed by atoms with Gasteiger partial charge in [-0.1, -0.05) is 24.3 Å². The highest BCUT2D eigenvalue weighted by Gasteiger charge is 1.99. The molecular formula is C16H13NS. The van der Waals surface area contributed by atoms with Gasteiger partial charge in [0.05, 0.1) is 0 Å². The van der Waals surface area contributed by atoms with E-state index in [2.05, 4.69) is 58.2 Å². The van der Waals surface area contributed by atoms with Gasteiger partial charge in [0.25, 0.3) is 0 Å². The van der Waals surface area contributed by atoms with Crippen molar-refractivity contribution in [3.05, 3.63) is 76.7 Å². The van der Waals surface area contributed by atoms with Crippen LogP contribution in [0.4, 0.5) is 0 Å². The first-order valence-corrected chi connectivity index (χ1v) is 6.86. The molecule has 0 saturated heterocycles. The lowest BCUT2D eigenvalue weighted by Crippen LogP contribution is -1.88. The predicted octanol–water partition coefficient (Wildman–Crippen LogP) is 4.40. The van der Waals surface area contributed by atoms with Crippen molar-refractivity contribution in [2.75, 3.05) is 0 Å². The zero-order valence-electron chi connectivity index (χ0n) is 9.91. The fraction of sp³-hybridized carbons (Fsp3) is 0.0625. The molecule has 0 saturated carbocycles. The van der Waals surface area contributed by atoms with Crippen molar-refractivity contribution < 1.29 is 0 Å². The molecule has 0 spiro atoms. The van der Waals surface area contributed by atoms with Crippen LogP contribution in [0.2, 0.25) is 0 Å². The summed E-state index contributed by atoms with van der Waals surface area (Å²) in [5, 5.41) is 4.29. The molecule has 88 valence electrons. The van der Waals surface area contributed by atoms with Gasteiger partial charge in [-0.15, -0.1) is 0 Å². The van der Waals surface area contributed by atoms with E-state index in [1.807, 2.05) is 12.4 Å². The second-order valence-corrected chi connectivity index (χ2v) is 5.02. The molecule has 2 heteroatoms. The van der Waals surface area contributed by atoms with E-state index in [4.69, 9.17) is 0 Å². The minimum atomic E-state index is 0.965. The maximum absolute atomic E-state index is 4.04. The lowest BCUT2D eigenvalue weighted by Gasteiger charge is -2.03. The number of aromatic nitrogens is 1. The molecular weight excluding hydrogens is 238 g/mol. The van der Waals surface area contributed by atoms with Crippen LogP contribution in [0.1, 0.15) is 11.1 Å². The standard InChI is InChI=1S/C16H13NS/c1-3-15(16-7-10-18-12-16)4-2-13(1)11-14-5-8-17-9-6-14/h1-10,12H,11H2. The molecule has 0 unspecified atom stereocenters. The summed E-state index contributed by atoms with van der Waals surface area (Å²) in [6, 6.07) is 15.1. The van der Waals surface area contributed by atoms with Gasteiger partial charge in [0.1, 0.15) is 0 Å². The van der Waals surface area contributed by atoms with Gasteiger partial charge < -0.3 is 0 Å². The molecule has 0 fully saturated rings. The SMILES string of the molecule is c1cc(Cc2ccc(-c3ccsc3)cc2)ccn1. The van der Waals surface area contributed by atoms with Crippen molar-refractivity contribution >= 4 is 11.3 Å². The predicted molar refractivity (Wildman–Crippen MR) is 76.8 cm³/mol. The van der Waals surface area contributed by atoms with Crippen molar-refractivity contribution in [3.8, 4) is 11.1 Å². The van der Waals surface area contributed by atoms with Crippen molar-refractivity contribution in [2.24, 2.45) is 0 Å². The Morgan fingerprint density at radius 1 is 0.778 bits per heavy atom. The zero-order chi connectivity index (χ0) is 12.2. The summed E-state index contributed by atoms with van der Waals surface area (Å²) in [4.78, 5) is 4.04. The van der Waals surface area contributed by atoms with Crippen LogP contribution in [-0.2, 0) is 6.42 Å². The van der Waals surface area contributed by atoms with E-state index in [0.29, 0.717) is 0 Å². The summed E-state index contributed by atoms with van der Waals surface area (Å²) in [5.41, 5.74) is 5.22. The Kier molecular flexibility index (Phi) is 3.20. The van der Waals surface area contributed by atoms with Crippen LogP contribution in [0.15, 0.2) is 65.6 Å². The molecule has 0 aliphatic rings. The number of benzene rings is 1. The molecule has 18 heavy (non-hydrogen) atoms. The first-order chi connectivity index (χ1) is 8.92. The Morgan fingerprint density at radius 2 is 1.50 bits per heavy atom. The number of hydrogen-bond donors (Lipinski definition) is 0. The third kappa shape index (κ3) is 2.49. The maximum Gasteiger partial charge on any atom is 0.0270 e. The monoisotopic (exact) mass is 251 g/mol. The normalized spacial score (nSPS) is 10.4. The summed E-state index contributed by atoms with van der Waals surface area (Å²) in [6.45, 7) is 0.